The lowest BCUT2D eigenvalue weighted by Crippen LogP contribution is -3.22. The molecule has 0 saturated carbocycles. The molecule has 0 aromatic heterocycles. The molecule has 0 aromatic carbocycles. The van der Waals surface area contributed by atoms with E-state index >= 15 is 0 Å². The van der Waals surface area contributed by atoms with Gasteiger partial charge < -0.3 is 15.0 Å². The van der Waals surface area contributed by atoms with Gasteiger partial charge in [0.15, 0.2) is 0 Å². The predicted molar refractivity (Wildman–Crippen MR) is 68.6 cm³/mol. The van der Waals surface area contributed by atoms with Crippen molar-refractivity contribution < 1.29 is 14.4 Å². The summed E-state index contributed by atoms with van der Waals surface area (Å²) < 4.78 is 4.09. The molecule has 1 aliphatic heterocycles. The number of rotatable bonds is 2. The van der Waals surface area contributed by atoms with Crippen molar-refractivity contribution in [1.29, 1.82) is 0 Å². The van der Waals surface area contributed by atoms with Crippen LogP contribution in [-0.4, -0.2) is 41.2 Å². The van der Waals surface area contributed by atoms with Gasteiger partial charge in [-0.2, -0.15) is 0 Å². The Morgan fingerprint density at radius 3 is 2.18 bits per heavy atom. The molecule has 1 aliphatic rings. The second-order valence-corrected chi connectivity index (χ2v) is 6.87. The molecule has 1 amide bonds. The molecule has 1 rings (SSSR count). The molecule has 0 bridgehead atoms. The molecule has 1 saturated heterocycles. The molecule has 3 atom stereocenters. The van der Waals surface area contributed by atoms with Gasteiger partial charge in [-0.05, 0) is 13.8 Å². The van der Waals surface area contributed by atoms with Crippen molar-refractivity contribution in [1.82, 2.24) is 5.32 Å². The van der Waals surface area contributed by atoms with Crippen molar-refractivity contribution >= 4 is 40.7 Å². The number of nitrogens with one attached hydrogen (secondary N) is 2. The summed E-state index contributed by atoms with van der Waals surface area (Å²) >= 11 is 17.8. The van der Waals surface area contributed by atoms with Crippen LogP contribution in [0.15, 0.2) is 0 Å². The van der Waals surface area contributed by atoms with E-state index in [1.807, 2.05) is 13.8 Å². The predicted octanol–water partition coefficient (Wildman–Crippen LogP) is 0.511. The zero-order valence-corrected chi connectivity index (χ0v) is 12.4. The minimum Gasteiger partial charge on any atom is -0.364 e. The molecule has 100 valence electrons. The third kappa shape index (κ3) is 4.79. The van der Waals surface area contributed by atoms with Gasteiger partial charge in [-0.1, -0.05) is 34.8 Å². The maximum atomic E-state index is 11.2. The fourth-order valence-corrected chi connectivity index (χ4v) is 2.80. The first-order valence-electron chi connectivity index (χ1n) is 5.54. The Bertz CT molecular complexity index is 273. The highest BCUT2D eigenvalue weighted by molar-refractivity contribution is 6.68. The monoisotopic (exact) mass is 303 g/mol. The maximum Gasteiger partial charge on any atom is 0.262 e. The summed E-state index contributed by atoms with van der Waals surface area (Å²) in [6.07, 6.45) is -0.395. The second-order valence-electron chi connectivity index (χ2n) is 4.50. The molecule has 4 nitrogen and oxygen atoms in total. The van der Waals surface area contributed by atoms with Gasteiger partial charge in [0.25, 0.3) is 3.79 Å². The van der Waals surface area contributed by atoms with E-state index in [0.717, 1.165) is 4.90 Å². The number of carbonyl (C=O) groups excluding carboxylic acids is 1. The number of amides is 1. The van der Waals surface area contributed by atoms with Gasteiger partial charge in [0.1, 0.15) is 25.3 Å². The molecule has 0 spiro atoms. The third-order valence-corrected chi connectivity index (χ3v) is 3.30. The number of hydrogen-bond acceptors (Lipinski definition) is 2. The lowest BCUT2D eigenvalue weighted by molar-refractivity contribution is -0.941. The van der Waals surface area contributed by atoms with Crippen LogP contribution < -0.4 is 10.2 Å². The number of carbonyl (C=O) groups is 1. The van der Waals surface area contributed by atoms with E-state index < -0.39 is 9.96 Å². The topological polar surface area (TPSA) is 42.8 Å². The minimum absolute atomic E-state index is 0.0809. The molecular weight excluding hydrogens is 286 g/mol. The van der Waals surface area contributed by atoms with Gasteiger partial charge in [-0.25, -0.2) is 0 Å². The molecule has 2 N–H and O–H groups in total. The highest BCUT2D eigenvalue weighted by Crippen LogP contribution is 2.28. The van der Waals surface area contributed by atoms with Gasteiger partial charge in [0, 0.05) is 6.92 Å². The maximum absolute atomic E-state index is 11.2. The van der Waals surface area contributed by atoms with Crippen molar-refractivity contribution in [2.24, 2.45) is 0 Å². The Morgan fingerprint density at radius 1 is 1.35 bits per heavy atom. The molecule has 7 heteroatoms. The summed E-state index contributed by atoms with van der Waals surface area (Å²) in [6.45, 7) is 6.75. The summed E-state index contributed by atoms with van der Waals surface area (Å²) in [4.78, 5) is 12.2. The van der Waals surface area contributed by atoms with Crippen LogP contribution in [0.1, 0.15) is 20.8 Å². The van der Waals surface area contributed by atoms with Crippen LogP contribution in [0.3, 0.4) is 0 Å². The fraction of sp³-hybridized carbons (Fsp3) is 0.900. The molecule has 17 heavy (non-hydrogen) atoms. The standard InChI is InChI=1S/C10H17Cl3N2O2/c1-6-4-15(5-7(2)17-6)9(10(11,12)13)14-8(3)16/h6-7,9H,4-5H2,1-3H3,(H,14,16)/p+1/t6-,7-,9-/m0/s1. The molecule has 1 fully saturated rings. The van der Waals surface area contributed by atoms with Gasteiger partial charge in [0.05, 0.1) is 0 Å². The zero-order valence-electron chi connectivity index (χ0n) is 10.1. The van der Waals surface area contributed by atoms with Crippen LogP contribution in [0.4, 0.5) is 0 Å². The van der Waals surface area contributed by atoms with Crippen LogP contribution in [0.25, 0.3) is 0 Å². The SMILES string of the molecule is CC(=O)N[C@@H]([NH+]1C[C@H](C)O[C@@H](C)C1)C(Cl)(Cl)Cl. The first-order chi connectivity index (χ1) is 7.70. The molecule has 0 unspecified atom stereocenters. The summed E-state index contributed by atoms with van der Waals surface area (Å²) in [5, 5.41) is 2.70. The quantitative estimate of drug-likeness (QED) is 0.730. The minimum atomic E-state index is -1.53. The summed E-state index contributed by atoms with van der Waals surface area (Å²) in [6, 6.07) is 0. The Balaban J connectivity index is 2.78. The average Bonchev–Trinajstić information content (AvgIpc) is 2.10. The van der Waals surface area contributed by atoms with Gasteiger partial charge in [0.2, 0.25) is 12.1 Å². The van der Waals surface area contributed by atoms with Crippen molar-refractivity contribution in [2.75, 3.05) is 13.1 Å². The number of morpholine rings is 1. The third-order valence-electron chi connectivity index (χ3n) is 2.65. The van der Waals surface area contributed by atoms with E-state index in [1.165, 1.54) is 6.92 Å². The van der Waals surface area contributed by atoms with Gasteiger partial charge >= 0.3 is 0 Å². The van der Waals surface area contributed by atoms with E-state index in [1.54, 1.807) is 0 Å². The van der Waals surface area contributed by atoms with Crippen molar-refractivity contribution in [3.05, 3.63) is 0 Å². The summed E-state index contributed by atoms with van der Waals surface area (Å²) in [7, 11) is 0. The smallest absolute Gasteiger partial charge is 0.262 e. The van der Waals surface area contributed by atoms with Crippen LogP contribution in [0, 0.1) is 0 Å². The van der Waals surface area contributed by atoms with Crippen LogP contribution >= 0.6 is 34.8 Å². The average molecular weight is 305 g/mol. The Hall–Kier alpha value is 0.260. The molecular formula is C10H18Cl3N2O2+. The number of quaternary nitrogens is 1. The van der Waals surface area contributed by atoms with E-state index in [9.17, 15) is 4.79 Å². The summed E-state index contributed by atoms with van der Waals surface area (Å²) in [5.41, 5.74) is 0. The molecule has 0 aromatic rings. The van der Waals surface area contributed by atoms with Crippen molar-refractivity contribution in [3.63, 3.8) is 0 Å². The first kappa shape index (κ1) is 15.3. The lowest BCUT2D eigenvalue weighted by atomic mass is 10.2. The van der Waals surface area contributed by atoms with E-state index in [4.69, 9.17) is 39.5 Å². The van der Waals surface area contributed by atoms with Gasteiger partial charge in [-0.3, -0.25) is 4.79 Å². The Kier molecular flexibility index (Phi) is 5.35. The molecule has 0 aliphatic carbocycles. The number of alkyl halides is 3. The number of hydrogen-bond donors (Lipinski definition) is 2. The van der Waals surface area contributed by atoms with E-state index in [-0.39, 0.29) is 18.1 Å². The highest BCUT2D eigenvalue weighted by atomic mass is 35.6. The van der Waals surface area contributed by atoms with Crippen LogP contribution in [0.2, 0.25) is 0 Å². The van der Waals surface area contributed by atoms with Crippen LogP contribution in [0.5, 0.6) is 0 Å². The Morgan fingerprint density at radius 2 is 1.82 bits per heavy atom. The Labute approximate surface area is 117 Å². The van der Waals surface area contributed by atoms with Crippen molar-refractivity contribution in [2.45, 2.75) is 42.9 Å². The van der Waals surface area contributed by atoms with Crippen molar-refractivity contribution in [3.8, 4) is 0 Å². The van der Waals surface area contributed by atoms with Gasteiger partial charge in [-0.15, -0.1) is 0 Å². The normalized spacial score (nSPS) is 32.0. The molecule has 0 radical (unpaired) electrons. The first-order valence-corrected chi connectivity index (χ1v) is 6.67. The molecule has 1 heterocycles. The largest absolute Gasteiger partial charge is 0.364 e. The second kappa shape index (κ2) is 5.93. The summed E-state index contributed by atoms with van der Waals surface area (Å²) in [5.74, 6) is -0.208. The number of ether oxygens (including phenoxy) is 1. The zero-order chi connectivity index (χ0) is 13.2. The fourth-order valence-electron chi connectivity index (χ4n) is 2.17. The highest BCUT2D eigenvalue weighted by Gasteiger charge is 2.44. The lowest BCUT2D eigenvalue weighted by Gasteiger charge is -2.39. The van der Waals surface area contributed by atoms with E-state index in [0.29, 0.717) is 13.1 Å². The van der Waals surface area contributed by atoms with Crippen LogP contribution in [-0.2, 0) is 9.53 Å². The number of halogens is 3. The van der Waals surface area contributed by atoms with E-state index in [2.05, 4.69) is 5.32 Å².